The highest BCUT2D eigenvalue weighted by Crippen LogP contribution is 2.45. The van der Waals surface area contributed by atoms with Crippen molar-refractivity contribution in [3.05, 3.63) is 35.9 Å². The van der Waals surface area contributed by atoms with Crippen LogP contribution in [0.2, 0.25) is 0 Å². The van der Waals surface area contributed by atoms with Crippen LogP contribution < -0.4 is 0 Å². The smallest absolute Gasteiger partial charge is 0.220 e. The molecule has 1 aromatic rings. The molecule has 0 saturated heterocycles. The van der Waals surface area contributed by atoms with Crippen LogP contribution in [0.4, 0.5) is 0 Å². The van der Waals surface area contributed by atoms with Gasteiger partial charge < -0.3 is 5.11 Å². The first-order valence-electron chi connectivity index (χ1n) is 7.11. The summed E-state index contributed by atoms with van der Waals surface area (Å²) in [6.07, 6.45) is 2.03. The second-order valence-corrected chi connectivity index (χ2v) is 8.14. The maximum Gasteiger partial charge on any atom is 0.220 e. The molecule has 1 saturated carbocycles. The molecule has 1 aliphatic rings. The number of aliphatic hydroxyl groups excluding tert-OH is 1. The zero-order valence-corrected chi connectivity index (χ0v) is 12.9. The van der Waals surface area contributed by atoms with Gasteiger partial charge in [-0.3, -0.25) is 0 Å². The maximum absolute atomic E-state index is 12.8. The molecule has 1 aromatic carbocycles. The van der Waals surface area contributed by atoms with Gasteiger partial charge in [-0.1, -0.05) is 37.3 Å². The zero-order chi connectivity index (χ0) is 14.8. The first kappa shape index (κ1) is 15.5. The summed E-state index contributed by atoms with van der Waals surface area (Å²) >= 11 is 0. The van der Waals surface area contributed by atoms with Gasteiger partial charge in [-0.15, -0.1) is 0 Å². The Bertz CT molecular complexity index is 533. The monoisotopic (exact) mass is 297 g/mol. The normalized spacial score (nSPS) is 19.0. The Morgan fingerprint density at radius 3 is 2.35 bits per heavy atom. The molecule has 0 radical (unpaired) electrons. The summed E-state index contributed by atoms with van der Waals surface area (Å²) in [6, 6.07) is 9.20. The third-order valence-electron chi connectivity index (χ3n) is 4.16. The molecule has 0 bridgehead atoms. The van der Waals surface area contributed by atoms with Crippen LogP contribution in [0.15, 0.2) is 30.3 Å². The molecule has 0 heterocycles. The molecule has 1 fully saturated rings. The standard InChI is InChI=1S/C15H23NO3S/c1-3-14(12-17)16(11-13-7-5-4-6-8-13)20(18,19)15(2)9-10-15/h4-8,14,17H,3,9-12H2,1-2H3/t14-/m0/s1. The molecule has 4 nitrogen and oxygen atoms in total. The van der Waals surface area contributed by atoms with E-state index in [9.17, 15) is 13.5 Å². The van der Waals surface area contributed by atoms with E-state index in [1.165, 1.54) is 4.31 Å². The fourth-order valence-electron chi connectivity index (χ4n) is 2.31. The first-order chi connectivity index (χ1) is 9.44. The highest BCUT2D eigenvalue weighted by Gasteiger charge is 2.53. The lowest BCUT2D eigenvalue weighted by atomic mass is 10.2. The van der Waals surface area contributed by atoms with Crippen molar-refractivity contribution in [3.63, 3.8) is 0 Å². The summed E-state index contributed by atoms with van der Waals surface area (Å²) in [7, 11) is -3.38. The predicted molar refractivity (Wildman–Crippen MR) is 79.7 cm³/mol. The summed E-state index contributed by atoms with van der Waals surface area (Å²) < 4.78 is 26.4. The van der Waals surface area contributed by atoms with Crippen molar-refractivity contribution in [3.8, 4) is 0 Å². The van der Waals surface area contributed by atoms with Crippen LogP contribution in [-0.2, 0) is 16.6 Å². The van der Waals surface area contributed by atoms with Crippen LogP contribution in [0.25, 0.3) is 0 Å². The average molecular weight is 297 g/mol. The van der Waals surface area contributed by atoms with E-state index in [-0.39, 0.29) is 12.6 Å². The number of hydrogen-bond donors (Lipinski definition) is 1. The van der Waals surface area contributed by atoms with Gasteiger partial charge in [0.25, 0.3) is 0 Å². The molecule has 1 aliphatic carbocycles. The lowest BCUT2D eigenvalue weighted by Gasteiger charge is -2.31. The van der Waals surface area contributed by atoms with Crippen LogP contribution >= 0.6 is 0 Å². The second-order valence-electron chi connectivity index (χ2n) is 5.73. The molecular formula is C15H23NO3S. The van der Waals surface area contributed by atoms with E-state index in [1.807, 2.05) is 37.3 Å². The van der Waals surface area contributed by atoms with Crippen LogP contribution in [0, 0.1) is 0 Å². The maximum atomic E-state index is 12.8. The third-order valence-corrected chi connectivity index (χ3v) is 6.85. The summed E-state index contributed by atoms with van der Waals surface area (Å²) in [5.41, 5.74) is 0.951. The topological polar surface area (TPSA) is 57.6 Å². The molecule has 0 aromatic heterocycles. The van der Waals surface area contributed by atoms with E-state index in [1.54, 1.807) is 6.92 Å². The predicted octanol–water partition coefficient (Wildman–Crippen LogP) is 2.14. The molecule has 5 heteroatoms. The van der Waals surface area contributed by atoms with Crippen molar-refractivity contribution in [2.24, 2.45) is 0 Å². The molecule has 1 N–H and O–H groups in total. The van der Waals surface area contributed by atoms with E-state index >= 15 is 0 Å². The minimum atomic E-state index is -3.38. The van der Waals surface area contributed by atoms with Crippen LogP contribution in [0.1, 0.15) is 38.7 Å². The van der Waals surface area contributed by atoms with Crippen molar-refractivity contribution in [1.82, 2.24) is 4.31 Å². The van der Waals surface area contributed by atoms with E-state index in [0.717, 1.165) is 5.56 Å². The largest absolute Gasteiger partial charge is 0.395 e. The summed E-state index contributed by atoms with van der Waals surface area (Å²) in [5, 5.41) is 9.52. The minimum Gasteiger partial charge on any atom is -0.395 e. The molecule has 1 atom stereocenters. The molecule has 20 heavy (non-hydrogen) atoms. The summed E-state index contributed by atoms with van der Waals surface area (Å²) in [5.74, 6) is 0. The Labute approximate surface area is 121 Å². The Morgan fingerprint density at radius 2 is 1.90 bits per heavy atom. The van der Waals surface area contributed by atoms with Crippen LogP contribution in [0.5, 0.6) is 0 Å². The van der Waals surface area contributed by atoms with Crippen molar-refractivity contribution in [2.45, 2.75) is 50.4 Å². The van der Waals surface area contributed by atoms with Gasteiger partial charge in [0.2, 0.25) is 10.0 Å². The van der Waals surface area contributed by atoms with E-state index in [0.29, 0.717) is 25.8 Å². The van der Waals surface area contributed by atoms with Gasteiger partial charge in [-0.25, -0.2) is 8.42 Å². The van der Waals surface area contributed by atoms with Gasteiger partial charge in [0.05, 0.1) is 11.4 Å². The van der Waals surface area contributed by atoms with Crippen LogP contribution in [-0.4, -0.2) is 35.2 Å². The average Bonchev–Trinajstić information content (AvgIpc) is 3.20. The molecule has 0 aliphatic heterocycles. The minimum absolute atomic E-state index is 0.140. The van der Waals surface area contributed by atoms with E-state index in [4.69, 9.17) is 0 Å². The third kappa shape index (κ3) is 2.90. The first-order valence-corrected chi connectivity index (χ1v) is 8.55. The Balaban J connectivity index is 2.30. The lowest BCUT2D eigenvalue weighted by molar-refractivity contribution is 0.178. The summed E-state index contributed by atoms with van der Waals surface area (Å²) in [4.78, 5) is 0. The SMILES string of the molecule is CC[C@@H](CO)N(Cc1ccccc1)S(=O)(=O)C1(C)CC1. The van der Waals surface area contributed by atoms with E-state index in [2.05, 4.69) is 0 Å². The Morgan fingerprint density at radius 1 is 1.30 bits per heavy atom. The number of hydrogen-bond acceptors (Lipinski definition) is 3. The molecule has 112 valence electrons. The zero-order valence-electron chi connectivity index (χ0n) is 12.1. The molecule has 0 unspecified atom stereocenters. The molecular weight excluding hydrogens is 274 g/mol. The second kappa shape index (κ2) is 5.84. The number of aliphatic hydroxyl groups is 1. The van der Waals surface area contributed by atoms with Crippen molar-refractivity contribution in [1.29, 1.82) is 0 Å². The van der Waals surface area contributed by atoms with Crippen molar-refractivity contribution < 1.29 is 13.5 Å². The van der Waals surface area contributed by atoms with Gasteiger partial charge in [-0.2, -0.15) is 4.31 Å². The van der Waals surface area contributed by atoms with Crippen molar-refractivity contribution in [2.75, 3.05) is 6.61 Å². The number of rotatable bonds is 7. The molecule has 0 spiro atoms. The lowest BCUT2D eigenvalue weighted by Crippen LogP contribution is -2.46. The van der Waals surface area contributed by atoms with Crippen molar-refractivity contribution >= 4 is 10.0 Å². The highest BCUT2D eigenvalue weighted by molar-refractivity contribution is 7.90. The fraction of sp³-hybridized carbons (Fsp3) is 0.600. The van der Waals surface area contributed by atoms with Crippen LogP contribution in [0.3, 0.4) is 0 Å². The van der Waals surface area contributed by atoms with Gasteiger partial charge in [0.15, 0.2) is 0 Å². The quantitative estimate of drug-likeness (QED) is 0.839. The van der Waals surface area contributed by atoms with E-state index < -0.39 is 14.8 Å². The summed E-state index contributed by atoms with van der Waals surface area (Å²) in [6.45, 7) is 3.89. The van der Waals surface area contributed by atoms with Gasteiger partial charge in [0.1, 0.15) is 0 Å². The molecule has 0 amide bonds. The Kier molecular flexibility index (Phi) is 4.52. The van der Waals surface area contributed by atoms with Gasteiger partial charge >= 0.3 is 0 Å². The Hall–Kier alpha value is -0.910. The molecule has 2 rings (SSSR count). The number of benzene rings is 1. The van der Waals surface area contributed by atoms with Gasteiger partial charge in [-0.05, 0) is 31.7 Å². The fourth-order valence-corrected chi connectivity index (χ4v) is 4.43. The number of nitrogens with zero attached hydrogens (tertiary/aromatic N) is 1. The van der Waals surface area contributed by atoms with Gasteiger partial charge in [0, 0.05) is 12.6 Å². The highest BCUT2D eigenvalue weighted by atomic mass is 32.2. The number of sulfonamides is 1.